The van der Waals surface area contributed by atoms with Gasteiger partial charge in [0.15, 0.2) is 11.5 Å². The monoisotopic (exact) mass is 419 g/mol. The first kappa shape index (κ1) is 20.9. The first-order valence-corrected chi connectivity index (χ1v) is 10.9. The van der Waals surface area contributed by atoms with Crippen LogP contribution in [0.1, 0.15) is 26.7 Å². The van der Waals surface area contributed by atoms with E-state index >= 15 is 0 Å². The molecule has 0 bridgehead atoms. The van der Waals surface area contributed by atoms with Crippen molar-refractivity contribution < 1.29 is 14.3 Å². The van der Waals surface area contributed by atoms with Crippen molar-refractivity contribution in [3.63, 3.8) is 0 Å². The first-order valence-electron chi connectivity index (χ1n) is 9.66. The number of hydrogen-bond acceptors (Lipinski definition) is 4. The molecule has 3 rings (SSSR count). The van der Waals surface area contributed by atoms with E-state index < -0.39 is 0 Å². The van der Waals surface area contributed by atoms with Crippen LogP contribution >= 0.6 is 23.4 Å². The quantitative estimate of drug-likeness (QED) is 0.571. The third-order valence-electron chi connectivity index (χ3n) is 4.67. The van der Waals surface area contributed by atoms with Crippen LogP contribution in [0.4, 0.5) is 0 Å². The number of benzene rings is 2. The predicted molar refractivity (Wildman–Crippen MR) is 115 cm³/mol. The summed E-state index contributed by atoms with van der Waals surface area (Å²) in [4.78, 5) is 15.8. The summed E-state index contributed by atoms with van der Waals surface area (Å²) in [6.45, 7) is 5.96. The van der Waals surface area contributed by atoms with Gasteiger partial charge in [0.2, 0.25) is 5.91 Å². The van der Waals surface area contributed by atoms with E-state index in [1.165, 1.54) is 0 Å². The van der Waals surface area contributed by atoms with Crippen LogP contribution in [-0.2, 0) is 4.79 Å². The molecule has 1 amide bonds. The van der Waals surface area contributed by atoms with Gasteiger partial charge in [0.1, 0.15) is 6.10 Å². The van der Waals surface area contributed by atoms with Crippen LogP contribution in [0, 0.1) is 0 Å². The van der Waals surface area contributed by atoms with Crippen LogP contribution in [-0.4, -0.2) is 41.9 Å². The number of rotatable bonds is 7. The number of hydrogen-bond donors (Lipinski definition) is 0. The summed E-state index contributed by atoms with van der Waals surface area (Å²) in [7, 11) is 0. The highest BCUT2D eigenvalue weighted by Gasteiger charge is 2.27. The van der Waals surface area contributed by atoms with Gasteiger partial charge >= 0.3 is 0 Å². The summed E-state index contributed by atoms with van der Waals surface area (Å²) in [6, 6.07) is 15.4. The number of nitrogens with zero attached hydrogens (tertiary/aromatic N) is 1. The molecule has 4 nitrogen and oxygen atoms in total. The van der Waals surface area contributed by atoms with Crippen molar-refractivity contribution in [1.82, 2.24) is 4.90 Å². The van der Waals surface area contributed by atoms with Gasteiger partial charge in [-0.1, -0.05) is 23.7 Å². The van der Waals surface area contributed by atoms with Gasteiger partial charge in [0, 0.05) is 35.8 Å². The molecule has 1 heterocycles. The highest BCUT2D eigenvalue weighted by Crippen LogP contribution is 2.30. The number of carbonyl (C=O) groups excluding carboxylic acids is 1. The number of thioether (sulfide) groups is 1. The summed E-state index contributed by atoms with van der Waals surface area (Å²) in [5.41, 5.74) is 0. The summed E-state index contributed by atoms with van der Waals surface area (Å²) in [6.07, 6.45) is 1.75. The summed E-state index contributed by atoms with van der Waals surface area (Å²) in [5.74, 6) is 1.73. The Morgan fingerprint density at radius 1 is 1.14 bits per heavy atom. The van der Waals surface area contributed by atoms with Gasteiger partial charge in [-0.2, -0.15) is 0 Å². The molecular weight excluding hydrogens is 394 g/mol. The van der Waals surface area contributed by atoms with E-state index in [2.05, 4.69) is 0 Å². The van der Waals surface area contributed by atoms with E-state index in [1.807, 2.05) is 67.3 Å². The lowest BCUT2D eigenvalue weighted by Crippen LogP contribution is -2.44. The molecule has 28 heavy (non-hydrogen) atoms. The molecule has 2 aromatic rings. The molecule has 0 aliphatic carbocycles. The Hall–Kier alpha value is -1.85. The van der Waals surface area contributed by atoms with Gasteiger partial charge in [0.25, 0.3) is 0 Å². The number of likely N-dealkylation sites (tertiary alicyclic amines) is 1. The summed E-state index contributed by atoms with van der Waals surface area (Å²) in [5, 5.41) is 0.577. The van der Waals surface area contributed by atoms with Gasteiger partial charge in [-0.15, -0.1) is 11.8 Å². The number of halogens is 1. The van der Waals surface area contributed by atoms with E-state index in [-0.39, 0.29) is 17.3 Å². The maximum atomic E-state index is 12.8. The second kappa shape index (κ2) is 10.1. The highest BCUT2D eigenvalue weighted by molar-refractivity contribution is 8.00. The van der Waals surface area contributed by atoms with Crippen molar-refractivity contribution in [1.29, 1.82) is 0 Å². The minimum atomic E-state index is -0.127. The molecule has 1 aliphatic heterocycles. The summed E-state index contributed by atoms with van der Waals surface area (Å²) < 4.78 is 11.8. The van der Waals surface area contributed by atoms with E-state index in [0.717, 1.165) is 29.2 Å². The van der Waals surface area contributed by atoms with Crippen molar-refractivity contribution in [3.8, 4) is 11.5 Å². The minimum absolute atomic E-state index is 0.102. The molecule has 0 radical (unpaired) electrons. The molecule has 0 aromatic heterocycles. The molecule has 1 fully saturated rings. The fourth-order valence-electron chi connectivity index (χ4n) is 3.22. The van der Waals surface area contributed by atoms with Crippen LogP contribution < -0.4 is 9.47 Å². The van der Waals surface area contributed by atoms with E-state index in [0.29, 0.717) is 24.7 Å². The van der Waals surface area contributed by atoms with Gasteiger partial charge in [-0.3, -0.25) is 4.79 Å². The largest absolute Gasteiger partial charge is 0.490 e. The topological polar surface area (TPSA) is 38.8 Å². The van der Waals surface area contributed by atoms with Crippen LogP contribution in [0.2, 0.25) is 5.02 Å². The van der Waals surface area contributed by atoms with Crippen LogP contribution in [0.25, 0.3) is 0 Å². The number of para-hydroxylation sites is 2. The third-order valence-corrected chi connectivity index (χ3v) is 6.02. The Morgan fingerprint density at radius 2 is 1.79 bits per heavy atom. The van der Waals surface area contributed by atoms with Crippen LogP contribution in [0.15, 0.2) is 53.4 Å². The van der Waals surface area contributed by atoms with Crippen molar-refractivity contribution in [2.24, 2.45) is 0 Å². The van der Waals surface area contributed by atoms with Gasteiger partial charge in [-0.05, 0) is 50.2 Å². The van der Waals surface area contributed by atoms with Crippen molar-refractivity contribution in [2.75, 3.05) is 19.7 Å². The predicted octanol–water partition coefficient (Wildman–Crippen LogP) is 5.29. The lowest BCUT2D eigenvalue weighted by molar-refractivity contribution is -0.132. The Balaban J connectivity index is 1.50. The average Bonchev–Trinajstić information content (AvgIpc) is 2.71. The standard InChI is InChI=1S/C22H26ClNO3S/c1-3-26-20-6-4-5-7-21(20)27-18-12-14-24(15-13-18)22(25)16(2)28-19-10-8-17(23)9-11-19/h4-11,16,18H,3,12-15H2,1-2H3. The average molecular weight is 420 g/mol. The Kier molecular flexibility index (Phi) is 7.51. The van der Waals surface area contributed by atoms with E-state index in [4.69, 9.17) is 21.1 Å². The molecule has 1 unspecified atom stereocenters. The van der Waals surface area contributed by atoms with Crippen molar-refractivity contribution >= 4 is 29.3 Å². The number of amides is 1. The summed E-state index contributed by atoms with van der Waals surface area (Å²) >= 11 is 7.49. The molecular formula is C22H26ClNO3S. The minimum Gasteiger partial charge on any atom is -0.490 e. The Bertz CT molecular complexity index is 776. The molecule has 1 atom stereocenters. The molecule has 0 spiro atoms. The molecule has 0 saturated carbocycles. The Labute approximate surface area is 176 Å². The van der Waals surface area contributed by atoms with Gasteiger partial charge in [0.05, 0.1) is 11.9 Å². The van der Waals surface area contributed by atoms with Crippen molar-refractivity contribution in [2.45, 2.75) is 42.9 Å². The SMILES string of the molecule is CCOc1ccccc1OC1CCN(C(=O)C(C)Sc2ccc(Cl)cc2)CC1. The third kappa shape index (κ3) is 5.58. The normalized spacial score (nSPS) is 15.9. The molecule has 1 saturated heterocycles. The van der Waals surface area contributed by atoms with Crippen molar-refractivity contribution in [3.05, 3.63) is 53.6 Å². The van der Waals surface area contributed by atoms with E-state index in [9.17, 15) is 4.79 Å². The zero-order valence-electron chi connectivity index (χ0n) is 16.3. The Morgan fingerprint density at radius 3 is 2.43 bits per heavy atom. The van der Waals surface area contributed by atoms with E-state index in [1.54, 1.807) is 11.8 Å². The lowest BCUT2D eigenvalue weighted by Gasteiger charge is -2.33. The highest BCUT2D eigenvalue weighted by atomic mass is 35.5. The molecule has 2 aromatic carbocycles. The first-order chi connectivity index (χ1) is 13.6. The molecule has 6 heteroatoms. The number of ether oxygens (including phenoxy) is 2. The molecule has 1 aliphatic rings. The number of piperidine rings is 1. The molecule has 150 valence electrons. The second-order valence-electron chi connectivity index (χ2n) is 6.74. The zero-order chi connectivity index (χ0) is 19.9. The van der Waals surface area contributed by atoms with Crippen LogP contribution in [0.3, 0.4) is 0 Å². The van der Waals surface area contributed by atoms with Gasteiger partial charge < -0.3 is 14.4 Å². The lowest BCUT2D eigenvalue weighted by atomic mass is 10.1. The smallest absolute Gasteiger partial charge is 0.235 e. The zero-order valence-corrected chi connectivity index (χ0v) is 17.8. The molecule has 0 N–H and O–H groups in total. The number of carbonyl (C=O) groups is 1. The maximum Gasteiger partial charge on any atom is 0.235 e. The fraction of sp³-hybridized carbons (Fsp3) is 0.409. The maximum absolute atomic E-state index is 12.8. The fourth-order valence-corrected chi connectivity index (χ4v) is 4.30. The van der Waals surface area contributed by atoms with Crippen LogP contribution in [0.5, 0.6) is 11.5 Å². The second-order valence-corrected chi connectivity index (χ2v) is 8.59. The van der Waals surface area contributed by atoms with Gasteiger partial charge in [-0.25, -0.2) is 0 Å².